The molecule has 0 amide bonds. The molecule has 1 nitrogen and oxygen atoms in total. The molecular weight excluding hydrogens is 319 g/mol. The van der Waals surface area contributed by atoms with E-state index in [1.54, 1.807) is 36.4 Å². The predicted molar refractivity (Wildman–Crippen MR) is 74.6 cm³/mol. The molecule has 0 bridgehead atoms. The van der Waals surface area contributed by atoms with Crippen LogP contribution in [0.15, 0.2) is 40.9 Å². The van der Waals surface area contributed by atoms with Crippen LogP contribution in [0.5, 0.6) is 0 Å². The van der Waals surface area contributed by atoms with Gasteiger partial charge in [-0.2, -0.15) is 0 Å². The van der Waals surface area contributed by atoms with E-state index in [4.69, 9.17) is 11.6 Å². The van der Waals surface area contributed by atoms with Gasteiger partial charge in [0.2, 0.25) is 0 Å². The summed E-state index contributed by atoms with van der Waals surface area (Å²) in [6.45, 7) is 1.45. The normalized spacial score (nSPS) is 10.4. The Hall–Kier alpha value is -1.19. The fraction of sp³-hybridized carbons (Fsp3) is 0.0714. The highest BCUT2D eigenvalue weighted by atomic mass is 79.9. The maximum absolute atomic E-state index is 13.9. The third-order valence-corrected chi connectivity index (χ3v) is 3.54. The lowest BCUT2D eigenvalue weighted by Crippen LogP contribution is -1.94. The van der Waals surface area contributed by atoms with Gasteiger partial charge in [0.05, 0.1) is 9.50 Å². The molecule has 0 fully saturated rings. The average molecular weight is 328 g/mol. The van der Waals surface area contributed by atoms with Gasteiger partial charge in [-0.25, -0.2) is 4.39 Å². The minimum absolute atomic E-state index is 0.110. The first-order chi connectivity index (χ1) is 8.50. The highest BCUT2D eigenvalue weighted by Gasteiger charge is 2.11. The van der Waals surface area contributed by atoms with Crippen LogP contribution in [0.1, 0.15) is 17.3 Å². The van der Waals surface area contributed by atoms with Gasteiger partial charge < -0.3 is 0 Å². The number of carbonyl (C=O) groups excluding carboxylic acids is 1. The highest BCUT2D eigenvalue weighted by molar-refractivity contribution is 9.10. The van der Waals surface area contributed by atoms with Gasteiger partial charge in [-0.1, -0.05) is 29.8 Å². The Balaban J connectivity index is 2.56. The number of Topliss-reactive ketones (excluding diaryl/α,β-unsaturated/α-hetero) is 1. The lowest BCUT2D eigenvalue weighted by molar-refractivity contribution is 0.101. The zero-order chi connectivity index (χ0) is 13.3. The van der Waals surface area contributed by atoms with Crippen LogP contribution in [-0.4, -0.2) is 5.78 Å². The van der Waals surface area contributed by atoms with Crippen LogP contribution in [0, 0.1) is 5.82 Å². The Labute approximate surface area is 118 Å². The first-order valence-corrected chi connectivity index (χ1v) is 6.42. The summed E-state index contributed by atoms with van der Waals surface area (Å²) in [5.74, 6) is -0.453. The van der Waals surface area contributed by atoms with Crippen molar-refractivity contribution in [2.45, 2.75) is 6.92 Å². The van der Waals surface area contributed by atoms with E-state index in [0.717, 1.165) is 0 Å². The number of hydrogen-bond acceptors (Lipinski definition) is 1. The average Bonchev–Trinajstić information content (AvgIpc) is 2.32. The Kier molecular flexibility index (Phi) is 3.83. The van der Waals surface area contributed by atoms with Gasteiger partial charge in [0.1, 0.15) is 5.82 Å². The molecule has 0 aliphatic rings. The molecule has 4 heteroatoms. The Bertz CT molecular complexity index is 625. The molecule has 0 saturated carbocycles. The molecule has 92 valence electrons. The van der Waals surface area contributed by atoms with E-state index in [1.807, 2.05) is 0 Å². The molecule has 0 saturated heterocycles. The van der Waals surface area contributed by atoms with Crippen LogP contribution < -0.4 is 0 Å². The summed E-state index contributed by atoms with van der Waals surface area (Å²) in [5, 5.41) is 0.333. The van der Waals surface area contributed by atoms with E-state index in [-0.39, 0.29) is 11.6 Å². The highest BCUT2D eigenvalue weighted by Crippen LogP contribution is 2.30. The molecule has 0 aliphatic heterocycles. The molecule has 2 aromatic rings. The summed E-state index contributed by atoms with van der Waals surface area (Å²) < 4.78 is 14.3. The van der Waals surface area contributed by atoms with Crippen molar-refractivity contribution in [1.82, 2.24) is 0 Å². The standard InChI is InChI=1S/C14H9BrClFO/c1-8(18)10-6-5-9(7-13(10)16)11-3-2-4-12(15)14(11)17/h2-7H,1H3. The molecular formula is C14H9BrClFO. The van der Waals surface area contributed by atoms with E-state index < -0.39 is 0 Å². The molecule has 0 unspecified atom stereocenters. The van der Waals surface area contributed by atoms with Crippen LogP contribution in [0.4, 0.5) is 4.39 Å². The molecule has 0 N–H and O–H groups in total. The van der Waals surface area contributed by atoms with Crippen molar-refractivity contribution in [1.29, 1.82) is 0 Å². The van der Waals surface area contributed by atoms with Gasteiger partial charge in [-0.3, -0.25) is 4.79 Å². The second-order valence-corrected chi connectivity index (χ2v) is 5.11. The third kappa shape index (κ3) is 2.47. The Morgan fingerprint density at radius 1 is 1.28 bits per heavy atom. The lowest BCUT2D eigenvalue weighted by Gasteiger charge is -2.07. The van der Waals surface area contributed by atoms with Crippen LogP contribution in [0.2, 0.25) is 5.02 Å². The van der Waals surface area contributed by atoms with E-state index in [0.29, 0.717) is 26.2 Å². The molecule has 2 aromatic carbocycles. The van der Waals surface area contributed by atoms with Crippen molar-refractivity contribution < 1.29 is 9.18 Å². The van der Waals surface area contributed by atoms with Gasteiger partial charge in [0.15, 0.2) is 5.78 Å². The number of hydrogen-bond donors (Lipinski definition) is 0. The van der Waals surface area contributed by atoms with Crippen LogP contribution in [-0.2, 0) is 0 Å². The second kappa shape index (κ2) is 5.21. The van der Waals surface area contributed by atoms with Crippen molar-refractivity contribution in [3.63, 3.8) is 0 Å². The zero-order valence-corrected chi connectivity index (χ0v) is 11.8. The number of ketones is 1. The molecule has 0 heterocycles. The molecule has 0 aromatic heterocycles. The monoisotopic (exact) mass is 326 g/mol. The fourth-order valence-electron chi connectivity index (χ4n) is 1.69. The van der Waals surface area contributed by atoms with Crippen LogP contribution in [0.25, 0.3) is 11.1 Å². The van der Waals surface area contributed by atoms with E-state index >= 15 is 0 Å². The lowest BCUT2D eigenvalue weighted by atomic mass is 10.0. The summed E-state index contributed by atoms with van der Waals surface area (Å²) in [7, 11) is 0. The van der Waals surface area contributed by atoms with Crippen LogP contribution in [0.3, 0.4) is 0 Å². The van der Waals surface area contributed by atoms with Gasteiger partial charge in [0, 0.05) is 11.1 Å². The van der Waals surface area contributed by atoms with Crippen molar-refractivity contribution in [3.05, 3.63) is 57.3 Å². The van der Waals surface area contributed by atoms with Gasteiger partial charge >= 0.3 is 0 Å². The number of rotatable bonds is 2. The van der Waals surface area contributed by atoms with Crippen LogP contribution >= 0.6 is 27.5 Å². The number of carbonyl (C=O) groups is 1. The number of halogens is 3. The first kappa shape index (κ1) is 13.2. The smallest absolute Gasteiger partial charge is 0.161 e. The Morgan fingerprint density at radius 2 is 2.00 bits per heavy atom. The molecule has 0 radical (unpaired) electrons. The molecule has 0 aliphatic carbocycles. The van der Waals surface area contributed by atoms with Gasteiger partial charge in [0.25, 0.3) is 0 Å². The van der Waals surface area contributed by atoms with Crippen molar-refractivity contribution in [2.75, 3.05) is 0 Å². The predicted octanol–water partition coefficient (Wildman–Crippen LogP) is 5.11. The first-order valence-electron chi connectivity index (χ1n) is 5.25. The maximum Gasteiger partial charge on any atom is 0.161 e. The van der Waals surface area contributed by atoms with Crippen molar-refractivity contribution >= 4 is 33.3 Å². The third-order valence-electron chi connectivity index (χ3n) is 2.61. The van der Waals surface area contributed by atoms with Crippen molar-refractivity contribution in [3.8, 4) is 11.1 Å². The SMILES string of the molecule is CC(=O)c1ccc(-c2cccc(Br)c2F)cc1Cl. The fourth-order valence-corrected chi connectivity index (χ4v) is 2.37. The molecule has 18 heavy (non-hydrogen) atoms. The summed E-state index contributed by atoms with van der Waals surface area (Å²) in [6.07, 6.45) is 0. The molecule has 2 rings (SSSR count). The molecule has 0 spiro atoms. The summed E-state index contributed by atoms with van der Waals surface area (Å²) in [6, 6.07) is 9.94. The number of benzene rings is 2. The van der Waals surface area contributed by atoms with Crippen molar-refractivity contribution in [2.24, 2.45) is 0 Å². The van der Waals surface area contributed by atoms with E-state index in [9.17, 15) is 9.18 Å². The Morgan fingerprint density at radius 3 is 2.61 bits per heavy atom. The van der Waals surface area contributed by atoms with Gasteiger partial charge in [-0.15, -0.1) is 0 Å². The topological polar surface area (TPSA) is 17.1 Å². The largest absolute Gasteiger partial charge is 0.294 e. The van der Waals surface area contributed by atoms with E-state index in [1.165, 1.54) is 6.92 Å². The quantitative estimate of drug-likeness (QED) is 0.700. The summed E-state index contributed by atoms with van der Waals surface area (Å²) in [5.41, 5.74) is 1.53. The second-order valence-electron chi connectivity index (χ2n) is 3.85. The zero-order valence-electron chi connectivity index (χ0n) is 9.51. The van der Waals surface area contributed by atoms with E-state index in [2.05, 4.69) is 15.9 Å². The summed E-state index contributed by atoms with van der Waals surface area (Å²) in [4.78, 5) is 11.3. The minimum Gasteiger partial charge on any atom is -0.294 e. The maximum atomic E-state index is 13.9. The van der Waals surface area contributed by atoms with Gasteiger partial charge in [-0.05, 0) is 46.6 Å². The molecule has 0 atom stereocenters. The minimum atomic E-state index is -0.343. The summed E-state index contributed by atoms with van der Waals surface area (Å²) >= 11 is 9.15.